The normalized spacial score (nSPS) is 10.7. The van der Waals surface area contributed by atoms with Crippen LogP contribution >= 0.6 is 0 Å². The van der Waals surface area contributed by atoms with Crippen molar-refractivity contribution in [1.82, 2.24) is 9.97 Å². The number of H-pyrrole nitrogens is 1. The monoisotopic (exact) mass is 400 g/mol. The molecule has 4 aromatic rings. The summed E-state index contributed by atoms with van der Waals surface area (Å²) in [6, 6.07) is 18.3. The third-order valence-corrected chi connectivity index (χ3v) is 4.81. The van der Waals surface area contributed by atoms with Gasteiger partial charge in [0, 0.05) is 23.3 Å². The number of fused-ring (bicyclic) bond motifs is 1. The van der Waals surface area contributed by atoms with Crippen molar-refractivity contribution in [3.05, 3.63) is 106 Å². The molecule has 0 aliphatic rings. The Hall–Kier alpha value is -3.93. The Morgan fingerprint density at radius 3 is 2.43 bits per heavy atom. The molecule has 2 heterocycles. The zero-order chi connectivity index (χ0) is 20.9. The molecular formula is C24H20N2O4. The minimum Gasteiger partial charge on any atom is -0.489 e. The number of hydrogen-bond donors (Lipinski definition) is 1. The molecule has 6 heteroatoms. The number of aryl methyl sites for hydroxylation is 1. The summed E-state index contributed by atoms with van der Waals surface area (Å²) < 4.78 is 11.1. The molecule has 1 N–H and O–H groups in total. The molecule has 6 nitrogen and oxygen atoms in total. The van der Waals surface area contributed by atoms with E-state index in [4.69, 9.17) is 9.47 Å². The van der Waals surface area contributed by atoms with Crippen LogP contribution in [0, 0.1) is 6.92 Å². The summed E-state index contributed by atoms with van der Waals surface area (Å²) in [5.74, 6) is 0.149. The number of hydrogen-bond acceptors (Lipinski definition) is 5. The van der Waals surface area contributed by atoms with Gasteiger partial charge in [-0.2, -0.15) is 0 Å². The van der Waals surface area contributed by atoms with Gasteiger partial charge in [0.1, 0.15) is 24.7 Å². The van der Waals surface area contributed by atoms with Crippen LogP contribution in [0.15, 0.2) is 77.9 Å². The van der Waals surface area contributed by atoms with E-state index < -0.39 is 5.97 Å². The molecule has 0 amide bonds. The molecule has 2 aromatic heterocycles. The zero-order valence-electron chi connectivity index (χ0n) is 16.4. The standard InChI is InChI=1S/C24H20N2O4/c1-16-20-6-2-3-7-21(20)23(27)26-22(16)24(28)30-14-17-8-10-19(11-9-17)29-15-18-5-4-12-25-13-18/h2-13H,14-15H2,1H3,(H,26,27). The van der Waals surface area contributed by atoms with Crippen LogP contribution in [0.5, 0.6) is 5.75 Å². The Morgan fingerprint density at radius 1 is 0.933 bits per heavy atom. The number of carbonyl (C=O) groups is 1. The highest BCUT2D eigenvalue weighted by molar-refractivity contribution is 5.96. The maximum Gasteiger partial charge on any atom is 0.355 e. The number of benzene rings is 2. The highest BCUT2D eigenvalue weighted by atomic mass is 16.5. The number of esters is 1. The average molecular weight is 400 g/mol. The van der Waals surface area contributed by atoms with Gasteiger partial charge in [0.05, 0.1) is 0 Å². The Labute approximate surface area is 173 Å². The van der Waals surface area contributed by atoms with Gasteiger partial charge in [0.25, 0.3) is 5.56 Å². The molecule has 0 fully saturated rings. The summed E-state index contributed by atoms with van der Waals surface area (Å²) >= 11 is 0. The molecule has 0 aliphatic carbocycles. The quantitative estimate of drug-likeness (QED) is 0.491. The molecule has 30 heavy (non-hydrogen) atoms. The smallest absolute Gasteiger partial charge is 0.355 e. The maximum atomic E-state index is 12.5. The second-order valence-electron chi connectivity index (χ2n) is 6.87. The van der Waals surface area contributed by atoms with Gasteiger partial charge in [0.2, 0.25) is 0 Å². The Balaban J connectivity index is 1.40. The predicted octanol–water partition coefficient (Wildman–Crippen LogP) is 4.17. The van der Waals surface area contributed by atoms with Gasteiger partial charge in [0.15, 0.2) is 0 Å². The van der Waals surface area contributed by atoms with E-state index in [0.29, 0.717) is 23.3 Å². The highest BCUT2D eigenvalue weighted by Gasteiger charge is 2.15. The minimum atomic E-state index is -0.563. The van der Waals surface area contributed by atoms with Crippen LogP contribution in [0.2, 0.25) is 0 Å². The van der Waals surface area contributed by atoms with Crippen LogP contribution in [-0.2, 0) is 18.0 Å². The lowest BCUT2D eigenvalue weighted by atomic mass is 10.1. The van der Waals surface area contributed by atoms with E-state index >= 15 is 0 Å². The van der Waals surface area contributed by atoms with Crippen molar-refractivity contribution in [2.75, 3.05) is 0 Å². The highest BCUT2D eigenvalue weighted by Crippen LogP contribution is 2.19. The van der Waals surface area contributed by atoms with E-state index in [-0.39, 0.29) is 17.9 Å². The van der Waals surface area contributed by atoms with Crippen LogP contribution in [-0.4, -0.2) is 15.9 Å². The fraction of sp³-hybridized carbons (Fsp3) is 0.125. The lowest BCUT2D eigenvalue weighted by Gasteiger charge is -2.10. The first-order valence-corrected chi connectivity index (χ1v) is 9.51. The topological polar surface area (TPSA) is 81.3 Å². The van der Waals surface area contributed by atoms with Gasteiger partial charge in [-0.25, -0.2) is 4.79 Å². The average Bonchev–Trinajstić information content (AvgIpc) is 2.80. The largest absolute Gasteiger partial charge is 0.489 e. The lowest BCUT2D eigenvalue weighted by Crippen LogP contribution is -2.17. The van der Waals surface area contributed by atoms with E-state index in [1.165, 1.54) is 0 Å². The molecule has 0 saturated heterocycles. The van der Waals surface area contributed by atoms with Crippen molar-refractivity contribution in [3.8, 4) is 5.75 Å². The molecular weight excluding hydrogens is 380 g/mol. The van der Waals surface area contributed by atoms with Crippen LogP contribution in [0.25, 0.3) is 10.8 Å². The second kappa shape index (κ2) is 8.61. The Kier molecular flexibility index (Phi) is 5.57. The molecule has 0 spiro atoms. The number of aromatic nitrogens is 2. The van der Waals surface area contributed by atoms with Crippen LogP contribution in [0.1, 0.15) is 27.2 Å². The van der Waals surface area contributed by atoms with E-state index in [9.17, 15) is 9.59 Å². The van der Waals surface area contributed by atoms with E-state index in [2.05, 4.69) is 9.97 Å². The molecule has 4 rings (SSSR count). The van der Waals surface area contributed by atoms with Gasteiger partial charge in [-0.15, -0.1) is 0 Å². The summed E-state index contributed by atoms with van der Waals surface area (Å²) in [5, 5.41) is 1.29. The Bertz CT molecular complexity index is 1230. The van der Waals surface area contributed by atoms with Gasteiger partial charge < -0.3 is 14.5 Å². The molecule has 0 bridgehead atoms. The molecule has 0 radical (unpaired) electrons. The fourth-order valence-electron chi connectivity index (χ4n) is 3.17. The number of nitrogens with zero attached hydrogens (tertiary/aromatic N) is 1. The molecule has 0 aliphatic heterocycles. The first kappa shape index (κ1) is 19.4. The SMILES string of the molecule is Cc1c(C(=O)OCc2ccc(OCc3cccnc3)cc2)[nH]c(=O)c2ccccc12. The third-order valence-electron chi connectivity index (χ3n) is 4.81. The van der Waals surface area contributed by atoms with E-state index in [1.807, 2.05) is 48.5 Å². The van der Waals surface area contributed by atoms with Crippen LogP contribution in [0.4, 0.5) is 0 Å². The predicted molar refractivity (Wildman–Crippen MR) is 113 cm³/mol. The second-order valence-corrected chi connectivity index (χ2v) is 6.87. The number of pyridine rings is 2. The van der Waals surface area contributed by atoms with Crippen molar-refractivity contribution >= 4 is 16.7 Å². The van der Waals surface area contributed by atoms with Crippen molar-refractivity contribution < 1.29 is 14.3 Å². The minimum absolute atomic E-state index is 0.0933. The number of aromatic amines is 1. The zero-order valence-corrected chi connectivity index (χ0v) is 16.4. The van der Waals surface area contributed by atoms with Crippen molar-refractivity contribution in [2.24, 2.45) is 0 Å². The molecule has 0 unspecified atom stereocenters. The summed E-state index contributed by atoms with van der Waals surface area (Å²) in [5.41, 5.74) is 2.36. The first-order chi connectivity index (χ1) is 14.6. The van der Waals surface area contributed by atoms with Crippen molar-refractivity contribution in [1.29, 1.82) is 0 Å². The van der Waals surface area contributed by atoms with Crippen LogP contribution in [0.3, 0.4) is 0 Å². The van der Waals surface area contributed by atoms with Crippen LogP contribution < -0.4 is 10.3 Å². The summed E-state index contributed by atoms with van der Waals surface area (Å²) in [6.45, 7) is 2.32. The molecule has 2 aromatic carbocycles. The number of carbonyl (C=O) groups excluding carboxylic acids is 1. The number of nitrogens with one attached hydrogen (secondary N) is 1. The molecule has 150 valence electrons. The summed E-state index contributed by atoms with van der Waals surface area (Å²) in [6.07, 6.45) is 3.47. The van der Waals surface area contributed by atoms with E-state index in [1.54, 1.807) is 31.5 Å². The van der Waals surface area contributed by atoms with Gasteiger partial charge >= 0.3 is 5.97 Å². The fourth-order valence-corrected chi connectivity index (χ4v) is 3.17. The summed E-state index contributed by atoms with van der Waals surface area (Å²) in [4.78, 5) is 31.5. The lowest BCUT2D eigenvalue weighted by molar-refractivity contribution is 0.0464. The summed E-state index contributed by atoms with van der Waals surface area (Å²) in [7, 11) is 0. The number of ether oxygens (including phenoxy) is 2. The number of rotatable bonds is 6. The third kappa shape index (κ3) is 4.22. The van der Waals surface area contributed by atoms with E-state index in [0.717, 1.165) is 16.5 Å². The van der Waals surface area contributed by atoms with Gasteiger partial charge in [-0.05, 0) is 47.7 Å². The maximum absolute atomic E-state index is 12.5. The molecule has 0 saturated carbocycles. The van der Waals surface area contributed by atoms with Crippen molar-refractivity contribution in [2.45, 2.75) is 20.1 Å². The van der Waals surface area contributed by atoms with Gasteiger partial charge in [-0.3, -0.25) is 9.78 Å². The molecule has 0 atom stereocenters. The van der Waals surface area contributed by atoms with Gasteiger partial charge in [-0.1, -0.05) is 36.4 Å². The first-order valence-electron chi connectivity index (χ1n) is 9.51. The Morgan fingerprint density at radius 2 is 1.70 bits per heavy atom. The van der Waals surface area contributed by atoms with Crippen molar-refractivity contribution in [3.63, 3.8) is 0 Å².